The lowest BCUT2D eigenvalue weighted by atomic mass is 10.3. The lowest BCUT2D eigenvalue weighted by molar-refractivity contribution is -0.890. The molecule has 20 heavy (non-hydrogen) atoms. The number of likely N-dealkylation sites (N-methyl/N-ethyl adjacent to an activating group) is 2. The molecule has 0 heterocycles. The molecule has 6 heteroatoms. The Kier molecular flexibility index (Phi) is 15.4. The van der Waals surface area contributed by atoms with Crippen LogP contribution in [0.2, 0.25) is 0 Å². The quantitative estimate of drug-likeness (QED) is 0.307. The minimum absolute atomic E-state index is 0. The number of esters is 1. The number of rotatable bonds is 9. The summed E-state index contributed by atoms with van der Waals surface area (Å²) >= 11 is 0. The standard InChI is InChI=1S/C14H29N2O2.2ClH/c1-7-15(8-2)9-10-16(5,6)11-12-18-14(17)13(3)4;;/h3,7-12H2,1-2,4-6H3;2*1H/q+1;;/p-1. The first-order valence-electron chi connectivity index (χ1n) is 6.69. The van der Waals surface area contributed by atoms with Crippen LogP contribution in [0.3, 0.4) is 0 Å². The first-order valence-corrected chi connectivity index (χ1v) is 6.69. The molecule has 0 radical (unpaired) electrons. The number of ether oxygens (including phenoxy) is 1. The molecule has 0 aliphatic carbocycles. The Labute approximate surface area is 136 Å². The van der Waals surface area contributed by atoms with Crippen LogP contribution in [0.1, 0.15) is 20.8 Å². The van der Waals surface area contributed by atoms with Crippen LogP contribution in [0.15, 0.2) is 12.2 Å². The van der Waals surface area contributed by atoms with E-state index < -0.39 is 0 Å². The molecule has 0 aromatic carbocycles. The Morgan fingerprint density at radius 2 is 1.70 bits per heavy atom. The highest BCUT2D eigenvalue weighted by Crippen LogP contribution is 2.00. The van der Waals surface area contributed by atoms with Crippen molar-refractivity contribution >= 4 is 18.4 Å². The van der Waals surface area contributed by atoms with Gasteiger partial charge < -0.3 is 21.6 Å². The fourth-order valence-corrected chi connectivity index (χ4v) is 1.57. The molecule has 0 fully saturated rings. The number of halogens is 2. The van der Waals surface area contributed by atoms with Crippen molar-refractivity contribution in [3.05, 3.63) is 12.2 Å². The third-order valence-corrected chi connectivity index (χ3v) is 3.19. The smallest absolute Gasteiger partial charge is 0.333 e. The topological polar surface area (TPSA) is 29.5 Å². The third-order valence-electron chi connectivity index (χ3n) is 3.19. The average Bonchev–Trinajstić information content (AvgIpc) is 2.29. The summed E-state index contributed by atoms with van der Waals surface area (Å²) in [6.07, 6.45) is 0. The maximum absolute atomic E-state index is 11.3. The summed E-state index contributed by atoms with van der Waals surface area (Å²) in [7, 11) is 4.33. The molecule has 0 aromatic rings. The number of hydrogen-bond donors (Lipinski definition) is 0. The summed E-state index contributed by atoms with van der Waals surface area (Å²) < 4.78 is 5.99. The molecule has 0 N–H and O–H groups in total. The van der Waals surface area contributed by atoms with Crippen molar-refractivity contribution in [2.24, 2.45) is 0 Å². The van der Waals surface area contributed by atoms with Gasteiger partial charge in [-0.2, -0.15) is 0 Å². The van der Waals surface area contributed by atoms with Crippen LogP contribution in [0.4, 0.5) is 0 Å². The molecular weight excluding hydrogens is 299 g/mol. The van der Waals surface area contributed by atoms with Crippen LogP contribution in [0.25, 0.3) is 0 Å². The van der Waals surface area contributed by atoms with Crippen molar-refractivity contribution in [3.63, 3.8) is 0 Å². The molecule has 0 bridgehead atoms. The van der Waals surface area contributed by atoms with Crippen molar-refractivity contribution in [3.8, 4) is 0 Å². The summed E-state index contributed by atoms with van der Waals surface area (Å²) in [6.45, 7) is 15.2. The second-order valence-electron chi connectivity index (χ2n) is 5.33. The van der Waals surface area contributed by atoms with E-state index in [9.17, 15) is 4.79 Å². The fourth-order valence-electron chi connectivity index (χ4n) is 1.57. The van der Waals surface area contributed by atoms with Crippen LogP contribution < -0.4 is 12.4 Å². The Morgan fingerprint density at radius 1 is 1.20 bits per heavy atom. The summed E-state index contributed by atoms with van der Waals surface area (Å²) in [4.78, 5) is 13.7. The summed E-state index contributed by atoms with van der Waals surface area (Å²) in [5.41, 5.74) is 0.462. The third kappa shape index (κ3) is 11.5. The van der Waals surface area contributed by atoms with Crippen molar-refractivity contribution in [1.29, 1.82) is 0 Å². The zero-order valence-corrected chi connectivity index (χ0v) is 15.0. The van der Waals surface area contributed by atoms with E-state index in [0.29, 0.717) is 12.2 Å². The second-order valence-corrected chi connectivity index (χ2v) is 5.33. The fraction of sp³-hybridized carbons (Fsp3) is 0.786. The molecule has 0 aliphatic rings. The van der Waals surface area contributed by atoms with Crippen LogP contribution in [-0.4, -0.2) is 68.8 Å². The van der Waals surface area contributed by atoms with Crippen molar-refractivity contribution in [2.45, 2.75) is 20.8 Å². The van der Waals surface area contributed by atoms with E-state index in [1.54, 1.807) is 6.92 Å². The molecule has 122 valence electrons. The number of carbonyl (C=O) groups excluding carboxylic acids is 1. The Bertz CT molecular complexity index is 280. The predicted molar refractivity (Wildman–Crippen MR) is 82.7 cm³/mol. The number of hydrogen-bond acceptors (Lipinski definition) is 3. The Hall–Kier alpha value is -0.290. The van der Waals surface area contributed by atoms with Crippen molar-refractivity contribution < 1.29 is 26.4 Å². The molecule has 0 saturated carbocycles. The van der Waals surface area contributed by atoms with Gasteiger partial charge in [0.15, 0.2) is 0 Å². The molecule has 0 saturated heterocycles. The maximum atomic E-state index is 11.3. The molecule has 0 aliphatic heterocycles. The van der Waals surface area contributed by atoms with E-state index in [4.69, 9.17) is 4.74 Å². The summed E-state index contributed by atoms with van der Waals surface area (Å²) in [5, 5.41) is 0. The van der Waals surface area contributed by atoms with Gasteiger partial charge in [-0.05, 0) is 20.0 Å². The zero-order chi connectivity index (χ0) is 14.2. The normalized spacial score (nSPS) is 10.5. The van der Waals surface area contributed by atoms with Gasteiger partial charge in [0.25, 0.3) is 0 Å². The van der Waals surface area contributed by atoms with Crippen molar-refractivity contribution in [2.75, 3.05) is 53.4 Å². The molecule has 0 spiro atoms. The van der Waals surface area contributed by atoms with Gasteiger partial charge in [0, 0.05) is 12.1 Å². The lowest BCUT2D eigenvalue weighted by Crippen LogP contribution is -3.00. The van der Waals surface area contributed by atoms with Crippen LogP contribution in [0.5, 0.6) is 0 Å². The van der Waals surface area contributed by atoms with Crippen LogP contribution in [0, 0.1) is 0 Å². The highest BCUT2D eigenvalue weighted by atomic mass is 35.5. The molecule has 0 unspecified atom stereocenters. The SMILES string of the molecule is C=C(C)C(=O)OCC[N+](C)(C)CCN(CC)CC.Cl.[Cl-]. The maximum Gasteiger partial charge on any atom is 0.333 e. The van der Waals surface area contributed by atoms with Gasteiger partial charge in [0.1, 0.15) is 13.2 Å². The van der Waals surface area contributed by atoms with Gasteiger partial charge >= 0.3 is 5.97 Å². The van der Waals surface area contributed by atoms with E-state index in [2.05, 4.69) is 39.4 Å². The molecule has 0 amide bonds. The zero-order valence-electron chi connectivity index (χ0n) is 13.4. The van der Waals surface area contributed by atoms with Gasteiger partial charge in [0.05, 0.1) is 20.6 Å². The van der Waals surface area contributed by atoms with Crippen LogP contribution >= 0.6 is 12.4 Å². The summed E-state index contributed by atoms with van der Waals surface area (Å²) in [6, 6.07) is 0. The molecule has 0 aromatic heterocycles. The van der Waals surface area contributed by atoms with Gasteiger partial charge in [-0.1, -0.05) is 20.4 Å². The number of nitrogens with zero attached hydrogens (tertiary/aromatic N) is 2. The van der Waals surface area contributed by atoms with E-state index in [1.165, 1.54) is 0 Å². The summed E-state index contributed by atoms with van der Waals surface area (Å²) in [5.74, 6) is -0.293. The Balaban J connectivity index is -0.00000144. The van der Waals surface area contributed by atoms with Gasteiger partial charge in [-0.3, -0.25) is 4.90 Å². The van der Waals surface area contributed by atoms with Gasteiger partial charge in [0.2, 0.25) is 0 Å². The minimum Gasteiger partial charge on any atom is -1.00 e. The molecule has 0 rings (SSSR count). The number of carbonyl (C=O) groups is 1. The molecule has 0 atom stereocenters. The number of quaternary nitrogens is 1. The largest absolute Gasteiger partial charge is 1.00 e. The van der Waals surface area contributed by atoms with E-state index in [-0.39, 0.29) is 30.8 Å². The minimum atomic E-state index is -0.293. The first kappa shape index (κ1) is 24.7. The van der Waals surface area contributed by atoms with Crippen LogP contribution in [-0.2, 0) is 9.53 Å². The average molecular weight is 329 g/mol. The highest BCUT2D eigenvalue weighted by Gasteiger charge is 2.17. The lowest BCUT2D eigenvalue weighted by Gasteiger charge is -2.31. The van der Waals surface area contributed by atoms with Gasteiger partial charge in [-0.15, -0.1) is 12.4 Å². The highest BCUT2D eigenvalue weighted by molar-refractivity contribution is 5.86. The van der Waals surface area contributed by atoms with E-state index in [0.717, 1.165) is 37.2 Å². The second kappa shape index (κ2) is 12.5. The Morgan fingerprint density at radius 3 is 2.10 bits per heavy atom. The van der Waals surface area contributed by atoms with Crippen molar-refractivity contribution in [1.82, 2.24) is 4.90 Å². The van der Waals surface area contributed by atoms with Gasteiger partial charge in [-0.25, -0.2) is 4.79 Å². The monoisotopic (exact) mass is 328 g/mol. The first-order chi connectivity index (χ1) is 8.32. The molecule has 4 nitrogen and oxygen atoms in total. The van der Waals surface area contributed by atoms with E-state index >= 15 is 0 Å². The predicted octanol–water partition coefficient (Wildman–Crippen LogP) is -1.05. The molecular formula is C14H30Cl2N2O2. The van der Waals surface area contributed by atoms with E-state index in [1.807, 2.05) is 0 Å².